The van der Waals surface area contributed by atoms with Gasteiger partial charge in [-0.15, -0.1) is 0 Å². The van der Waals surface area contributed by atoms with Crippen molar-refractivity contribution in [3.05, 3.63) is 52.3 Å². The molecule has 3 rings (SSSR count). The van der Waals surface area contributed by atoms with Gasteiger partial charge in [-0.05, 0) is 36.8 Å². The van der Waals surface area contributed by atoms with Crippen LogP contribution in [0.25, 0.3) is 0 Å². The van der Waals surface area contributed by atoms with Crippen LogP contribution in [0.15, 0.2) is 30.5 Å². The zero-order valence-corrected chi connectivity index (χ0v) is 16.3. The van der Waals surface area contributed by atoms with E-state index in [1.54, 1.807) is 0 Å². The molecule has 7 heteroatoms. The van der Waals surface area contributed by atoms with Crippen molar-refractivity contribution in [3.8, 4) is 0 Å². The average molecular weight is 378 g/mol. The van der Waals surface area contributed by atoms with Crippen molar-refractivity contribution in [1.29, 1.82) is 0 Å². The van der Waals surface area contributed by atoms with E-state index in [0.717, 1.165) is 49.4 Å². The summed E-state index contributed by atoms with van der Waals surface area (Å²) in [5.41, 5.74) is 3.72. The van der Waals surface area contributed by atoms with E-state index >= 15 is 0 Å². The summed E-state index contributed by atoms with van der Waals surface area (Å²) in [6.45, 7) is 7.73. The van der Waals surface area contributed by atoms with Crippen LogP contribution < -0.4 is 5.32 Å². The fraction of sp³-hybridized carbons (Fsp3) is 0.444. The van der Waals surface area contributed by atoms with Gasteiger partial charge >= 0.3 is 0 Å². The highest BCUT2D eigenvalue weighted by molar-refractivity contribution is 7.80. The van der Waals surface area contributed by atoms with Crippen LogP contribution in [-0.2, 0) is 20.1 Å². The van der Waals surface area contributed by atoms with Crippen molar-refractivity contribution in [2.75, 3.05) is 26.2 Å². The topological polar surface area (TPSA) is 36.3 Å². The lowest BCUT2D eigenvalue weighted by Gasteiger charge is -2.36. The smallest absolute Gasteiger partial charge is 0.169 e. The summed E-state index contributed by atoms with van der Waals surface area (Å²) in [7, 11) is 1.99. The minimum Gasteiger partial charge on any atom is -0.358 e. The molecule has 0 radical (unpaired) electrons. The van der Waals surface area contributed by atoms with Gasteiger partial charge in [0.05, 0.1) is 6.20 Å². The Balaban J connectivity index is 1.44. The summed E-state index contributed by atoms with van der Waals surface area (Å²) in [5, 5.41) is 9.25. The molecular formula is C18H24ClN5S. The maximum atomic E-state index is 5.91. The van der Waals surface area contributed by atoms with Gasteiger partial charge in [0.2, 0.25) is 0 Å². The van der Waals surface area contributed by atoms with Gasteiger partial charge in [0, 0.05) is 62.6 Å². The van der Waals surface area contributed by atoms with Crippen LogP contribution in [0.1, 0.15) is 16.8 Å². The highest BCUT2D eigenvalue weighted by Crippen LogP contribution is 2.12. The van der Waals surface area contributed by atoms with Crippen LogP contribution in [0.2, 0.25) is 5.02 Å². The zero-order valence-electron chi connectivity index (χ0n) is 14.7. The second kappa shape index (κ2) is 8.17. The molecule has 0 spiro atoms. The van der Waals surface area contributed by atoms with E-state index in [4.69, 9.17) is 23.8 Å². The molecule has 2 heterocycles. The van der Waals surface area contributed by atoms with E-state index < -0.39 is 0 Å². The van der Waals surface area contributed by atoms with E-state index in [9.17, 15) is 0 Å². The zero-order chi connectivity index (χ0) is 17.8. The Hall–Kier alpha value is -1.63. The van der Waals surface area contributed by atoms with E-state index in [2.05, 4.69) is 27.1 Å². The monoisotopic (exact) mass is 377 g/mol. The fourth-order valence-electron chi connectivity index (χ4n) is 2.94. The maximum Gasteiger partial charge on any atom is 0.169 e. The second-order valence-corrected chi connectivity index (χ2v) is 7.25. The van der Waals surface area contributed by atoms with Crippen LogP contribution in [0.3, 0.4) is 0 Å². The van der Waals surface area contributed by atoms with Crippen LogP contribution in [0, 0.1) is 6.92 Å². The van der Waals surface area contributed by atoms with E-state index in [-0.39, 0.29) is 0 Å². The summed E-state index contributed by atoms with van der Waals surface area (Å²) in [4.78, 5) is 4.71. The lowest BCUT2D eigenvalue weighted by Crippen LogP contribution is -2.51. The summed E-state index contributed by atoms with van der Waals surface area (Å²) < 4.78 is 1.93. The van der Waals surface area contributed by atoms with Gasteiger partial charge in [-0.3, -0.25) is 9.58 Å². The molecule has 1 saturated heterocycles. The van der Waals surface area contributed by atoms with Crippen LogP contribution in [0.5, 0.6) is 0 Å². The number of nitrogens with one attached hydrogen (secondary N) is 1. The molecule has 1 fully saturated rings. The summed E-state index contributed by atoms with van der Waals surface area (Å²) in [6, 6.07) is 7.85. The van der Waals surface area contributed by atoms with Gasteiger partial charge in [-0.2, -0.15) is 5.10 Å². The van der Waals surface area contributed by atoms with Gasteiger partial charge in [0.25, 0.3) is 0 Å². The number of benzene rings is 1. The van der Waals surface area contributed by atoms with E-state index in [1.807, 2.05) is 42.2 Å². The highest BCUT2D eigenvalue weighted by atomic mass is 35.5. The molecule has 1 aliphatic rings. The Bertz CT molecular complexity index is 720. The summed E-state index contributed by atoms with van der Waals surface area (Å²) >= 11 is 11.5. The standard InChI is InChI=1S/C18H24ClN5S/c1-14-16(12-21-22(14)2)13-23-7-9-24(10-8-23)18(25)20-11-15-3-5-17(19)6-4-15/h3-6,12H,7-11,13H2,1-2H3,(H,20,25). The molecule has 0 aliphatic carbocycles. The molecule has 1 aromatic carbocycles. The lowest BCUT2D eigenvalue weighted by atomic mass is 10.2. The Morgan fingerprint density at radius 1 is 1.20 bits per heavy atom. The number of piperazine rings is 1. The first-order chi connectivity index (χ1) is 12.0. The highest BCUT2D eigenvalue weighted by Gasteiger charge is 2.20. The van der Waals surface area contributed by atoms with Crippen LogP contribution in [0.4, 0.5) is 0 Å². The molecule has 25 heavy (non-hydrogen) atoms. The van der Waals surface area contributed by atoms with Crippen molar-refractivity contribution in [2.45, 2.75) is 20.0 Å². The average Bonchev–Trinajstić information content (AvgIpc) is 2.94. The minimum absolute atomic E-state index is 0.727. The number of rotatable bonds is 4. The molecule has 1 aliphatic heterocycles. The quantitative estimate of drug-likeness (QED) is 0.829. The SMILES string of the molecule is Cc1c(CN2CCN(C(=S)NCc3ccc(Cl)cc3)CC2)cnn1C. The maximum absolute atomic E-state index is 5.91. The molecule has 0 unspecified atom stereocenters. The first-order valence-electron chi connectivity index (χ1n) is 8.50. The van der Waals surface area contributed by atoms with Crippen LogP contribution >= 0.6 is 23.8 Å². The number of hydrogen-bond acceptors (Lipinski definition) is 3. The second-order valence-electron chi connectivity index (χ2n) is 6.43. The number of aromatic nitrogens is 2. The van der Waals surface area contributed by atoms with Crippen LogP contribution in [-0.4, -0.2) is 50.9 Å². The van der Waals surface area contributed by atoms with Crippen molar-refractivity contribution < 1.29 is 0 Å². The number of thiocarbonyl (C=S) groups is 1. The lowest BCUT2D eigenvalue weighted by molar-refractivity contribution is 0.174. The third-order valence-electron chi connectivity index (χ3n) is 4.75. The fourth-order valence-corrected chi connectivity index (χ4v) is 3.32. The molecular weight excluding hydrogens is 354 g/mol. The molecule has 0 amide bonds. The molecule has 1 N–H and O–H groups in total. The van der Waals surface area contributed by atoms with E-state index in [1.165, 1.54) is 16.8 Å². The van der Waals surface area contributed by atoms with Gasteiger partial charge in [0.1, 0.15) is 0 Å². The van der Waals surface area contributed by atoms with Gasteiger partial charge in [0.15, 0.2) is 5.11 Å². The molecule has 2 aromatic rings. The molecule has 0 bridgehead atoms. The molecule has 0 atom stereocenters. The third kappa shape index (κ3) is 4.71. The molecule has 134 valence electrons. The molecule has 0 saturated carbocycles. The van der Waals surface area contributed by atoms with Gasteiger partial charge in [-0.1, -0.05) is 23.7 Å². The molecule has 1 aromatic heterocycles. The molecule has 5 nitrogen and oxygen atoms in total. The van der Waals surface area contributed by atoms with Crippen molar-refractivity contribution >= 4 is 28.9 Å². The first kappa shape index (κ1) is 18.2. The number of hydrogen-bond donors (Lipinski definition) is 1. The Labute approximate surface area is 159 Å². The number of halogens is 1. The first-order valence-corrected chi connectivity index (χ1v) is 9.28. The van der Waals surface area contributed by atoms with Crippen molar-refractivity contribution in [2.24, 2.45) is 7.05 Å². The summed E-state index contributed by atoms with van der Waals surface area (Å²) in [6.07, 6.45) is 1.97. The van der Waals surface area contributed by atoms with E-state index in [0.29, 0.717) is 0 Å². The summed E-state index contributed by atoms with van der Waals surface area (Å²) in [5.74, 6) is 0. The van der Waals surface area contributed by atoms with Crippen molar-refractivity contribution in [1.82, 2.24) is 24.9 Å². The number of nitrogens with zero attached hydrogens (tertiary/aromatic N) is 4. The normalized spacial score (nSPS) is 15.4. The Morgan fingerprint density at radius 2 is 1.88 bits per heavy atom. The van der Waals surface area contributed by atoms with Crippen molar-refractivity contribution in [3.63, 3.8) is 0 Å². The Morgan fingerprint density at radius 3 is 2.48 bits per heavy atom. The van der Waals surface area contributed by atoms with Gasteiger partial charge < -0.3 is 10.2 Å². The third-order valence-corrected chi connectivity index (χ3v) is 5.40. The Kier molecular flexibility index (Phi) is 5.93. The van der Waals surface area contributed by atoms with Gasteiger partial charge in [-0.25, -0.2) is 0 Å². The predicted octanol–water partition coefficient (Wildman–Crippen LogP) is 2.57. The largest absolute Gasteiger partial charge is 0.358 e. The number of aryl methyl sites for hydroxylation is 1. The predicted molar refractivity (Wildman–Crippen MR) is 106 cm³/mol. The minimum atomic E-state index is 0.727.